The van der Waals surface area contributed by atoms with Gasteiger partial charge in [0.25, 0.3) is 0 Å². The molecule has 4 heteroatoms. The molecule has 2 aromatic carbocycles. The molecule has 0 aliphatic rings. The maximum absolute atomic E-state index is 6.09. The Kier molecular flexibility index (Phi) is 2.79. The highest BCUT2D eigenvalue weighted by molar-refractivity contribution is 5.99. The van der Waals surface area contributed by atoms with E-state index in [2.05, 4.69) is 0 Å². The highest BCUT2D eigenvalue weighted by atomic mass is 14.8. The number of hydrogen-bond donors (Lipinski definition) is 4. The molecule has 0 spiro atoms. The summed E-state index contributed by atoms with van der Waals surface area (Å²) in [6.07, 6.45) is 0. The molecule has 0 saturated carbocycles. The smallest absolute Gasteiger partial charge is 0.0809 e. The van der Waals surface area contributed by atoms with Gasteiger partial charge in [-0.2, -0.15) is 0 Å². The molecule has 0 saturated heterocycles. The molecule has 0 radical (unpaired) electrons. The number of anilines is 4. The lowest BCUT2D eigenvalue weighted by molar-refractivity contribution is 1.41. The molecule has 8 N–H and O–H groups in total. The number of rotatable bonds is 1. The molecule has 2 rings (SSSR count). The summed E-state index contributed by atoms with van der Waals surface area (Å²) >= 11 is 0. The summed E-state index contributed by atoms with van der Waals surface area (Å²) in [5, 5.41) is 0. The predicted molar refractivity (Wildman–Crippen MR) is 79.0 cm³/mol. The second kappa shape index (κ2) is 4.14. The van der Waals surface area contributed by atoms with Gasteiger partial charge in [0.15, 0.2) is 0 Å². The number of aryl methyl sites for hydroxylation is 1. The van der Waals surface area contributed by atoms with E-state index in [4.69, 9.17) is 22.9 Å². The van der Waals surface area contributed by atoms with Gasteiger partial charge in [-0.15, -0.1) is 0 Å². The van der Waals surface area contributed by atoms with Crippen LogP contribution in [0.5, 0.6) is 0 Å². The van der Waals surface area contributed by atoms with Crippen molar-refractivity contribution in [1.82, 2.24) is 0 Å². The standard InChI is InChI=1S/C14H18N4/c1-7-5-3-4-6-9(7)10-8(2)11(15)13(17)14(18)12(10)16/h3-6H,15-18H2,1-2H3. The maximum Gasteiger partial charge on any atom is 0.0809 e. The molecule has 0 amide bonds. The molecule has 94 valence electrons. The molecule has 0 atom stereocenters. The largest absolute Gasteiger partial charge is 0.397 e. The minimum absolute atomic E-state index is 0.358. The SMILES string of the molecule is Cc1ccccc1-c1c(C)c(N)c(N)c(N)c1N. The van der Waals surface area contributed by atoms with Gasteiger partial charge in [-0.05, 0) is 30.5 Å². The first-order valence-corrected chi connectivity index (χ1v) is 5.73. The van der Waals surface area contributed by atoms with Crippen LogP contribution in [-0.4, -0.2) is 0 Å². The highest BCUT2D eigenvalue weighted by Crippen LogP contribution is 2.42. The first-order chi connectivity index (χ1) is 8.45. The maximum atomic E-state index is 6.09. The van der Waals surface area contributed by atoms with E-state index in [0.29, 0.717) is 22.7 Å². The van der Waals surface area contributed by atoms with E-state index in [1.165, 1.54) is 0 Å². The van der Waals surface area contributed by atoms with Gasteiger partial charge in [0, 0.05) is 5.56 Å². The molecule has 0 heterocycles. The second-order valence-electron chi connectivity index (χ2n) is 4.47. The molecular formula is C14H18N4. The Bertz CT molecular complexity index is 588. The van der Waals surface area contributed by atoms with Crippen molar-refractivity contribution in [3.63, 3.8) is 0 Å². The Labute approximate surface area is 107 Å². The third-order valence-electron chi connectivity index (χ3n) is 3.33. The average Bonchev–Trinajstić information content (AvgIpc) is 2.36. The molecule has 0 aromatic heterocycles. The predicted octanol–water partition coefficient (Wildman–Crippen LogP) is 2.30. The second-order valence-corrected chi connectivity index (χ2v) is 4.47. The number of nitrogens with two attached hydrogens (primary N) is 4. The first kappa shape index (κ1) is 12.1. The van der Waals surface area contributed by atoms with Gasteiger partial charge < -0.3 is 22.9 Å². The van der Waals surface area contributed by atoms with Crippen molar-refractivity contribution >= 4 is 22.7 Å². The lowest BCUT2D eigenvalue weighted by Crippen LogP contribution is -2.08. The molecule has 2 aromatic rings. The van der Waals surface area contributed by atoms with Crippen molar-refractivity contribution in [2.45, 2.75) is 13.8 Å². The molecular weight excluding hydrogens is 224 g/mol. The van der Waals surface area contributed by atoms with Crippen LogP contribution in [0.2, 0.25) is 0 Å². The van der Waals surface area contributed by atoms with Gasteiger partial charge in [0.05, 0.1) is 22.7 Å². The van der Waals surface area contributed by atoms with Crippen LogP contribution in [0.25, 0.3) is 11.1 Å². The number of hydrogen-bond acceptors (Lipinski definition) is 4. The fourth-order valence-corrected chi connectivity index (χ4v) is 2.16. The van der Waals surface area contributed by atoms with Gasteiger partial charge >= 0.3 is 0 Å². The summed E-state index contributed by atoms with van der Waals surface area (Å²) in [5.74, 6) is 0. The summed E-state index contributed by atoms with van der Waals surface area (Å²) in [4.78, 5) is 0. The van der Waals surface area contributed by atoms with Gasteiger partial charge in [0.1, 0.15) is 0 Å². The van der Waals surface area contributed by atoms with E-state index in [9.17, 15) is 0 Å². The quantitative estimate of drug-likeness (QED) is 0.576. The molecule has 4 nitrogen and oxygen atoms in total. The minimum Gasteiger partial charge on any atom is -0.397 e. The average molecular weight is 242 g/mol. The fraction of sp³-hybridized carbons (Fsp3) is 0.143. The topological polar surface area (TPSA) is 104 Å². The zero-order valence-corrected chi connectivity index (χ0v) is 10.6. The molecule has 0 unspecified atom stereocenters. The van der Waals surface area contributed by atoms with Crippen LogP contribution in [0.3, 0.4) is 0 Å². The number of nitrogen functional groups attached to an aromatic ring is 4. The van der Waals surface area contributed by atoms with Gasteiger partial charge in [-0.25, -0.2) is 0 Å². The van der Waals surface area contributed by atoms with Gasteiger partial charge in [-0.3, -0.25) is 0 Å². The van der Waals surface area contributed by atoms with Crippen molar-refractivity contribution in [2.24, 2.45) is 0 Å². The molecule has 18 heavy (non-hydrogen) atoms. The monoisotopic (exact) mass is 242 g/mol. The Morgan fingerprint density at radius 1 is 0.722 bits per heavy atom. The van der Waals surface area contributed by atoms with Crippen molar-refractivity contribution < 1.29 is 0 Å². The van der Waals surface area contributed by atoms with E-state index >= 15 is 0 Å². The van der Waals surface area contributed by atoms with Crippen LogP contribution >= 0.6 is 0 Å². The lowest BCUT2D eigenvalue weighted by Gasteiger charge is -2.18. The van der Waals surface area contributed by atoms with E-state index in [1.807, 2.05) is 38.1 Å². The molecule has 0 aliphatic carbocycles. The summed E-state index contributed by atoms with van der Waals surface area (Å²) < 4.78 is 0. The van der Waals surface area contributed by atoms with Crippen LogP contribution in [0, 0.1) is 13.8 Å². The van der Waals surface area contributed by atoms with E-state index < -0.39 is 0 Å². The Morgan fingerprint density at radius 3 is 1.89 bits per heavy atom. The fourth-order valence-electron chi connectivity index (χ4n) is 2.16. The Morgan fingerprint density at radius 2 is 1.28 bits per heavy atom. The van der Waals surface area contributed by atoms with Crippen LogP contribution in [0.15, 0.2) is 24.3 Å². The van der Waals surface area contributed by atoms with Crippen LogP contribution in [0.1, 0.15) is 11.1 Å². The Hall–Kier alpha value is -2.36. The van der Waals surface area contributed by atoms with E-state index in [-0.39, 0.29) is 0 Å². The van der Waals surface area contributed by atoms with Crippen LogP contribution < -0.4 is 22.9 Å². The zero-order valence-electron chi connectivity index (χ0n) is 10.6. The molecule has 0 aliphatic heterocycles. The third kappa shape index (κ3) is 1.62. The third-order valence-corrected chi connectivity index (χ3v) is 3.33. The highest BCUT2D eigenvalue weighted by Gasteiger charge is 2.17. The first-order valence-electron chi connectivity index (χ1n) is 5.73. The van der Waals surface area contributed by atoms with Gasteiger partial charge in [-0.1, -0.05) is 24.3 Å². The molecule has 0 fully saturated rings. The molecule has 0 bridgehead atoms. The zero-order chi connectivity index (χ0) is 13.4. The number of benzene rings is 2. The summed E-state index contributed by atoms with van der Waals surface area (Å²) in [7, 11) is 0. The summed E-state index contributed by atoms with van der Waals surface area (Å²) in [5.41, 5.74) is 29.4. The van der Waals surface area contributed by atoms with Crippen LogP contribution in [0.4, 0.5) is 22.7 Å². The van der Waals surface area contributed by atoms with Crippen molar-refractivity contribution in [2.75, 3.05) is 22.9 Å². The van der Waals surface area contributed by atoms with E-state index in [0.717, 1.165) is 22.3 Å². The van der Waals surface area contributed by atoms with Crippen LogP contribution in [-0.2, 0) is 0 Å². The van der Waals surface area contributed by atoms with Gasteiger partial charge in [0.2, 0.25) is 0 Å². The minimum atomic E-state index is 0.358. The van der Waals surface area contributed by atoms with Crippen molar-refractivity contribution in [3.05, 3.63) is 35.4 Å². The Balaban J connectivity index is 2.85. The summed E-state index contributed by atoms with van der Waals surface area (Å²) in [6.45, 7) is 3.93. The van der Waals surface area contributed by atoms with E-state index in [1.54, 1.807) is 0 Å². The van der Waals surface area contributed by atoms with Crippen molar-refractivity contribution in [3.8, 4) is 11.1 Å². The normalized spacial score (nSPS) is 10.6. The summed E-state index contributed by atoms with van der Waals surface area (Å²) in [6, 6.07) is 7.97. The lowest BCUT2D eigenvalue weighted by atomic mass is 9.92. The van der Waals surface area contributed by atoms with Crippen molar-refractivity contribution in [1.29, 1.82) is 0 Å².